The number of hydrogen-bond donors (Lipinski definition) is 1. The number of nitrogens with one attached hydrogen (secondary N) is 1. The molecule has 0 unspecified atom stereocenters. The number of pyridine rings is 1. The number of ether oxygens (including phenoxy) is 1. The maximum Gasteiger partial charge on any atom is 0.258 e. The van der Waals surface area contributed by atoms with Crippen LogP contribution in [-0.4, -0.2) is 15.3 Å². The number of anilines is 1. The number of rotatable bonds is 5. The van der Waals surface area contributed by atoms with Gasteiger partial charge in [-0.2, -0.15) is 0 Å². The largest absolute Gasteiger partial charge is 0.487 e. The summed E-state index contributed by atoms with van der Waals surface area (Å²) in [5.41, 5.74) is 2.11. The average Bonchev–Trinajstić information content (AvgIpc) is 3.11. The third kappa shape index (κ3) is 4.04. The van der Waals surface area contributed by atoms with E-state index in [4.69, 9.17) is 4.74 Å². The van der Waals surface area contributed by atoms with E-state index in [1.807, 2.05) is 35.0 Å². The van der Waals surface area contributed by atoms with Gasteiger partial charge in [-0.3, -0.25) is 4.79 Å². The van der Waals surface area contributed by atoms with E-state index in [1.54, 1.807) is 30.3 Å². The molecule has 4 rings (SSSR count). The second-order valence-electron chi connectivity index (χ2n) is 6.09. The number of fused-ring (bicyclic) bond motifs is 1. The molecule has 0 saturated heterocycles. The molecule has 7 heteroatoms. The maximum absolute atomic E-state index is 13.9. The Morgan fingerprint density at radius 1 is 1.14 bits per heavy atom. The molecular formula is C21H15BrFN3O2. The van der Waals surface area contributed by atoms with Crippen LogP contribution >= 0.6 is 15.9 Å². The summed E-state index contributed by atoms with van der Waals surface area (Å²) in [5, 5.41) is 2.69. The number of halogens is 2. The number of carbonyl (C=O) groups is 1. The van der Waals surface area contributed by atoms with E-state index < -0.39 is 11.7 Å². The predicted octanol–water partition coefficient (Wildman–Crippen LogP) is 5.07. The number of amides is 1. The summed E-state index contributed by atoms with van der Waals surface area (Å²) in [5.74, 6) is -0.541. The molecule has 0 radical (unpaired) electrons. The topological polar surface area (TPSA) is 55.6 Å². The van der Waals surface area contributed by atoms with Crippen LogP contribution in [0.3, 0.4) is 0 Å². The molecule has 5 nitrogen and oxygen atoms in total. The van der Waals surface area contributed by atoms with E-state index in [0.29, 0.717) is 22.5 Å². The number of hydrogen-bond acceptors (Lipinski definition) is 3. The molecule has 4 aromatic rings. The van der Waals surface area contributed by atoms with Crippen LogP contribution in [0.5, 0.6) is 5.75 Å². The van der Waals surface area contributed by atoms with Gasteiger partial charge in [0.15, 0.2) is 0 Å². The molecule has 0 aliphatic carbocycles. The highest BCUT2D eigenvalue weighted by atomic mass is 79.9. The van der Waals surface area contributed by atoms with Crippen molar-refractivity contribution in [1.82, 2.24) is 9.38 Å². The lowest BCUT2D eigenvalue weighted by molar-refractivity contribution is 0.102. The zero-order chi connectivity index (χ0) is 19.5. The van der Waals surface area contributed by atoms with Crippen LogP contribution in [0, 0.1) is 5.82 Å². The normalized spacial score (nSPS) is 10.8. The van der Waals surface area contributed by atoms with Crippen molar-refractivity contribution in [2.24, 2.45) is 0 Å². The lowest BCUT2D eigenvalue weighted by Gasteiger charge is -2.09. The van der Waals surface area contributed by atoms with E-state index >= 15 is 0 Å². The first-order valence-corrected chi connectivity index (χ1v) is 9.30. The summed E-state index contributed by atoms with van der Waals surface area (Å²) in [4.78, 5) is 16.8. The first-order valence-electron chi connectivity index (χ1n) is 8.50. The lowest BCUT2D eigenvalue weighted by Crippen LogP contribution is -2.13. The molecule has 0 aliphatic rings. The first kappa shape index (κ1) is 18.2. The smallest absolute Gasteiger partial charge is 0.258 e. The highest BCUT2D eigenvalue weighted by Crippen LogP contribution is 2.21. The van der Waals surface area contributed by atoms with Crippen molar-refractivity contribution >= 4 is 33.2 Å². The van der Waals surface area contributed by atoms with Crippen LogP contribution < -0.4 is 10.1 Å². The summed E-state index contributed by atoms with van der Waals surface area (Å²) in [6.45, 7) is 0.291. The van der Waals surface area contributed by atoms with Crippen molar-refractivity contribution in [3.63, 3.8) is 0 Å². The quantitative estimate of drug-likeness (QED) is 0.472. The minimum Gasteiger partial charge on any atom is -0.487 e. The molecule has 2 aromatic carbocycles. The number of nitrogens with zero attached hydrogens (tertiary/aromatic N) is 2. The Balaban J connectivity index is 1.45. The van der Waals surface area contributed by atoms with E-state index in [9.17, 15) is 9.18 Å². The number of imidazole rings is 1. The highest BCUT2D eigenvalue weighted by Gasteiger charge is 2.13. The molecule has 0 aliphatic heterocycles. The van der Waals surface area contributed by atoms with Crippen molar-refractivity contribution in [2.45, 2.75) is 6.61 Å². The fourth-order valence-corrected chi connectivity index (χ4v) is 3.11. The first-order chi connectivity index (χ1) is 13.6. The number of carbonyl (C=O) groups excluding carboxylic acids is 1. The van der Waals surface area contributed by atoms with Gasteiger partial charge in [0.1, 0.15) is 23.8 Å². The van der Waals surface area contributed by atoms with Crippen molar-refractivity contribution in [1.29, 1.82) is 0 Å². The highest BCUT2D eigenvalue weighted by molar-refractivity contribution is 9.10. The standard InChI is InChI=1S/C21H15BrFN3O2/c22-14-7-8-19(23)18(10-14)21(27)25-15-4-3-5-17(11-15)28-13-16-12-26-9-2-1-6-20(26)24-16/h1-12H,13H2,(H,25,27). The van der Waals surface area contributed by atoms with Gasteiger partial charge in [-0.15, -0.1) is 0 Å². The second kappa shape index (κ2) is 7.82. The lowest BCUT2D eigenvalue weighted by atomic mass is 10.2. The van der Waals surface area contributed by atoms with Crippen molar-refractivity contribution in [3.05, 3.63) is 94.6 Å². The second-order valence-corrected chi connectivity index (χ2v) is 7.01. The Labute approximate surface area is 168 Å². The van der Waals surface area contributed by atoms with Gasteiger partial charge in [-0.25, -0.2) is 9.37 Å². The molecule has 1 N–H and O–H groups in total. The Bertz CT molecular complexity index is 1130. The Morgan fingerprint density at radius 2 is 2.04 bits per heavy atom. The van der Waals surface area contributed by atoms with E-state index in [0.717, 1.165) is 11.3 Å². The third-order valence-corrected chi connectivity index (χ3v) is 4.56. The average molecular weight is 440 g/mol. The van der Waals surface area contributed by atoms with Gasteiger partial charge in [0.25, 0.3) is 5.91 Å². The van der Waals surface area contributed by atoms with Gasteiger partial charge in [0.2, 0.25) is 0 Å². The van der Waals surface area contributed by atoms with Gasteiger partial charge in [0.05, 0.1) is 11.3 Å². The van der Waals surface area contributed by atoms with Gasteiger partial charge in [-0.1, -0.05) is 28.1 Å². The number of aromatic nitrogens is 2. The predicted molar refractivity (Wildman–Crippen MR) is 108 cm³/mol. The van der Waals surface area contributed by atoms with Gasteiger partial charge in [-0.05, 0) is 42.5 Å². The van der Waals surface area contributed by atoms with E-state index in [1.165, 1.54) is 12.1 Å². The molecule has 0 bridgehead atoms. The van der Waals surface area contributed by atoms with Crippen molar-refractivity contribution in [3.8, 4) is 5.75 Å². The monoisotopic (exact) mass is 439 g/mol. The molecule has 0 saturated carbocycles. The van der Waals surface area contributed by atoms with Crippen LogP contribution in [-0.2, 0) is 6.61 Å². The molecule has 0 spiro atoms. The SMILES string of the molecule is O=C(Nc1cccc(OCc2cn3ccccc3n2)c1)c1cc(Br)ccc1F. The molecule has 1 amide bonds. The Hall–Kier alpha value is -3.19. The van der Waals surface area contributed by atoms with Crippen LogP contribution in [0.2, 0.25) is 0 Å². The summed E-state index contributed by atoms with van der Waals surface area (Å²) in [6, 6.07) is 16.9. The van der Waals surface area contributed by atoms with Crippen molar-refractivity contribution < 1.29 is 13.9 Å². The summed E-state index contributed by atoms with van der Waals surface area (Å²) < 4.78 is 22.2. The minimum atomic E-state index is -0.583. The Morgan fingerprint density at radius 3 is 2.89 bits per heavy atom. The Kier molecular flexibility index (Phi) is 5.08. The van der Waals surface area contributed by atoms with Gasteiger partial charge in [0, 0.05) is 28.6 Å². The number of benzene rings is 2. The molecule has 28 heavy (non-hydrogen) atoms. The summed E-state index contributed by atoms with van der Waals surface area (Å²) >= 11 is 3.24. The molecule has 0 atom stereocenters. The van der Waals surface area contributed by atoms with Crippen LogP contribution in [0.1, 0.15) is 16.1 Å². The zero-order valence-electron chi connectivity index (χ0n) is 14.6. The van der Waals surface area contributed by atoms with Gasteiger partial charge >= 0.3 is 0 Å². The maximum atomic E-state index is 13.9. The molecule has 2 heterocycles. The van der Waals surface area contributed by atoms with E-state index in [2.05, 4.69) is 26.2 Å². The molecule has 140 valence electrons. The molecule has 2 aromatic heterocycles. The van der Waals surface area contributed by atoms with Gasteiger partial charge < -0.3 is 14.5 Å². The fraction of sp³-hybridized carbons (Fsp3) is 0.0476. The van der Waals surface area contributed by atoms with Crippen LogP contribution in [0.4, 0.5) is 10.1 Å². The van der Waals surface area contributed by atoms with E-state index in [-0.39, 0.29) is 5.56 Å². The third-order valence-electron chi connectivity index (χ3n) is 4.07. The molecule has 0 fully saturated rings. The van der Waals surface area contributed by atoms with Crippen LogP contribution in [0.15, 0.2) is 77.5 Å². The fourth-order valence-electron chi connectivity index (χ4n) is 2.75. The zero-order valence-corrected chi connectivity index (χ0v) is 16.2. The molecular weight excluding hydrogens is 425 g/mol. The van der Waals surface area contributed by atoms with Crippen LogP contribution in [0.25, 0.3) is 5.65 Å². The minimum absolute atomic E-state index is 0.0367. The summed E-state index contributed by atoms with van der Waals surface area (Å²) in [6.07, 6.45) is 3.82. The summed E-state index contributed by atoms with van der Waals surface area (Å²) in [7, 11) is 0. The van der Waals surface area contributed by atoms with Crippen molar-refractivity contribution in [2.75, 3.05) is 5.32 Å².